The van der Waals surface area contributed by atoms with E-state index in [4.69, 9.17) is 10.1 Å². The minimum atomic E-state index is -2.81. The Labute approximate surface area is 178 Å². The van der Waals surface area contributed by atoms with Gasteiger partial charge in [0.05, 0.1) is 29.4 Å². The number of piperidine rings is 1. The van der Waals surface area contributed by atoms with Crippen LogP contribution in [0.25, 0.3) is 17.5 Å². The van der Waals surface area contributed by atoms with E-state index < -0.39 is 12.1 Å². The molecule has 2 aromatic rings. The molecule has 1 aliphatic heterocycles. The van der Waals surface area contributed by atoms with Crippen molar-refractivity contribution in [2.24, 2.45) is 5.92 Å². The fraction of sp³-hybridized carbons (Fsp3) is 0.474. The van der Waals surface area contributed by atoms with Crippen molar-refractivity contribution >= 4 is 29.6 Å². The van der Waals surface area contributed by atoms with Gasteiger partial charge in [0.1, 0.15) is 18.0 Å². The minimum Gasteiger partial charge on any atom is -0.381 e. The predicted octanol–water partition coefficient (Wildman–Crippen LogP) is 2.87. The Morgan fingerprint density at radius 3 is 3.03 bits per heavy atom. The average Bonchev–Trinajstić information content (AvgIpc) is 3.25. The smallest absolute Gasteiger partial charge is 0.279 e. The van der Waals surface area contributed by atoms with E-state index in [1.807, 2.05) is 12.3 Å². The Morgan fingerprint density at radius 2 is 2.30 bits per heavy atom. The highest BCUT2D eigenvalue weighted by molar-refractivity contribution is 7.96. The number of methoxy groups -OCH3 is 1. The molecule has 1 fully saturated rings. The maximum absolute atomic E-state index is 12.4. The first-order valence-electron chi connectivity index (χ1n) is 9.47. The van der Waals surface area contributed by atoms with Gasteiger partial charge in [-0.1, -0.05) is 11.9 Å². The molecule has 1 aliphatic rings. The number of aromatic nitrogens is 4. The number of nitrogens with one attached hydrogen (secondary N) is 3. The number of ether oxygens (including phenoxy) is 1. The third kappa shape index (κ3) is 5.61. The first-order chi connectivity index (χ1) is 14.5. The van der Waals surface area contributed by atoms with Gasteiger partial charge in [0.25, 0.3) is 6.43 Å². The molecule has 3 rings (SSSR count). The molecular weight excluding hydrogens is 412 g/mol. The SMILES string of the molecule is COC1CCN(c2cc(-c3cnc(/C=C\C(=N)C(F)F)[nH]3)ncn2)CC1CNSC. The van der Waals surface area contributed by atoms with Crippen molar-refractivity contribution in [3.05, 3.63) is 30.5 Å². The van der Waals surface area contributed by atoms with E-state index >= 15 is 0 Å². The molecule has 30 heavy (non-hydrogen) atoms. The van der Waals surface area contributed by atoms with Crippen LogP contribution < -0.4 is 9.62 Å². The van der Waals surface area contributed by atoms with Crippen molar-refractivity contribution in [1.29, 1.82) is 5.41 Å². The molecule has 3 heterocycles. The van der Waals surface area contributed by atoms with Crippen LogP contribution in [-0.2, 0) is 4.74 Å². The molecule has 162 valence electrons. The number of alkyl halides is 2. The zero-order chi connectivity index (χ0) is 21.5. The summed E-state index contributed by atoms with van der Waals surface area (Å²) in [6.07, 6.45) is 5.77. The summed E-state index contributed by atoms with van der Waals surface area (Å²) in [6.45, 7) is 2.49. The Hall–Kier alpha value is -2.37. The topological polar surface area (TPSA) is 103 Å². The van der Waals surface area contributed by atoms with Gasteiger partial charge in [-0.05, 0) is 24.8 Å². The summed E-state index contributed by atoms with van der Waals surface area (Å²) in [6, 6.07) is 1.88. The summed E-state index contributed by atoms with van der Waals surface area (Å²) in [5.41, 5.74) is 0.542. The Morgan fingerprint density at radius 1 is 1.47 bits per heavy atom. The molecule has 11 heteroatoms. The maximum Gasteiger partial charge on any atom is 0.279 e. The van der Waals surface area contributed by atoms with Gasteiger partial charge in [0, 0.05) is 38.7 Å². The summed E-state index contributed by atoms with van der Waals surface area (Å²) < 4.78 is 33.8. The zero-order valence-corrected chi connectivity index (χ0v) is 17.6. The normalized spacial score (nSPS) is 19.7. The fourth-order valence-electron chi connectivity index (χ4n) is 3.38. The van der Waals surface area contributed by atoms with Gasteiger partial charge >= 0.3 is 0 Å². The molecule has 0 aromatic carbocycles. The summed E-state index contributed by atoms with van der Waals surface area (Å²) >= 11 is 1.59. The standard InChI is InChI=1S/C19H25F2N7OS/c1-29-16-5-6-28(10-12(16)8-26-30-2)18-7-14(24-11-25-18)15-9-23-17(27-15)4-3-13(22)19(20)21/h3-4,7,9,11-12,16,19,22,26H,5-6,8,10H2,1-2H3,(H,23,27)/b4-3-,22-13?. The predicted molar refractivity (Wildman–Crippen MR) is 115 cm³/mol. The highest BCUT2D eigenvalue weighted by Gasteiger charge is 2.29. The van der Waals surface area contributed by atoms with Crippen LogP contribution >= 0.6 is 11.9 Å². The lowest BCUT2D eigenvalue weighted by Gasteiger charge is -2.38. The van der Waals surface area contributed by atoms with Gasteiger partial charge in [0.15, 0.2) is 0 Å². The monoisotopic (exact) mass is 437 g/mol. The van der Waals surface area contributed by atoms with Gasteiger partial charge in [-0.2, -0.15) is 0 Å². The summed E-state index contributed by atoms with van der Waals surface area (Å²) in [7, 11) is 1.75. The van der Waals surface area contributed by atoms with E-state index in [2.05, 4.69) is 29.6 Å². The van der Waals surface area contributed by atoms with Crippen LogP contribution in [-0.4, -0.2) is 71.2 Å². The van der Waals surface area contributed by atoms with E-state index in [1.165, 1.54) is 12.4 Å². The molecule has 2 unspecified atom stereocenters. The third-order valence-corrected chi connectivity index (χ3v) is 5.42. The van der Waals surface area contributed by atoms with Crippen molar-refractivity contribution in [2.45, 2.75) is 19.0 Å². The molecule has 0 bridgehead atoms. The summed E-state index contributed by atoms with van der Waals surface area (Å²) in [5.74, 6) is 1.53. The van der Waals surface area contributed by atoms with E-state index in [9.17, 15) is 8.78 Å². The lowest BCUT2D eigenvalue weighted by atomic mass is 9.94. The van der Waals surface area contributed by atoms with Crippen molar-refractivity contribution in [3.63, 3.8) is 0 Å². The fourth-order valence-corrected chi connectivity index (χ4v) is 3.76. The Kier molecular flexibility index (Phi) is 7.88. The highest BCUT2D eigenvalue weighted by atomic mass is 32.2. The van der Waals surface area contributed by atoms with Gasteiger partial charge < -0.3 is 14.6 Å². The second-order valence-corrected chi connectivity index (χ2v) is 7.55. The van der Waals surface area contributed by atoms with Gasteiger partial charge in [-0.3, -0.25) is 10.1 Å². The molecule has 8 nitrogen and oxygen atoms in total. The zero-order valence-electron chi connectivity index (χ0n) is 16.8. The minimum absolute atomic E-state index is 0.205. The van der Waals surface area contributed by atoms with Gasteiger partial charge in [0.2, 0.25) is 0 Å². The molecule has 0 radical (unpaired) electrons. The first-order valence-corrected chi connectivity index (χ1v) is 10.7. The van der Waals surface area contributed by atoms with Crippen LogP contribution in [0.3, 0.4) is 0 Å². The highest BCUT2D eigenvalue weighted by Crippen LogP contribution is 2.26. The number of hydrogen-bond acceptors (Lipinski definition) is 8. The van der Waals surface area contributed by atoms with Crippen LogP contribution in [0, 0.1) is 11.3 Å². The molecule has 0 aliphatic carbocycles. The lowest BCUT2D eigenvalue weighted by Crippen LogP contribution is -2.47. The largest absolute Gasteiger partial charge is 0.381 e. The maximum atomic E-state index is 12.4. The second kappa shape index (κ2) is 10.6. The lowest BCUT2D eigenvalue weighted by molar-refractivity contribution is 0.0396. The average molecular weight is 438 g/mol. The van der Waals surface area contributed by atoms with E-state index in [0.29, 0.717) is 23.1 Å². The van der Waals surface area contributed by atoms with Crippen LogP contribution in [0.1, 0.15) is 12.2 Å². The van der Waals surface area contributed by atoms with Gasteiger partial charge in [-0.25, -0.2) is 23.7 Å². The van der Waals surface area contributed by atoms with Crippen LogP contribution in [0.15, 0.2) is 24.7 Å². The number of anilines is 1. The Bertz CT molecular complexity index is 876. The van der Waals surface area contributed by atoms with Crippen LogP contribution in [0.4, 0.5) is 14.6 Å². The number of allylic oxidation sites excluding steroid dienone is 1. The van der Waals surface area contributed by atoms with E-state index in [-0.39, 0.29) is 6.10 Å². The van der Waals surface area contributed by atoms with Crippen molar-refractivity contribution in [3.8, 4) is 11.4 Å². The number of hydrogen-bond donors (Lipinski definition) is 3. The molecular formula is C19H25F2N7OS. The van der Waals surface area contributed by atoms with E-state index in [1.54, 1.807) is 25.3 Å². The van der Waals surface area contributed by atoms with Crippen LogP contribution in [0.2, 0.25) is 0 Å². The molecule has 2 aromatic heterocycles. The second-order valence-electron chi connectivity index (χ2n) is 6.85. The number of aromatic amines is 1. The third-order valence-electron chi connectivity index (χ3n) is 4.96. The first kappa shape index (κ1) is 22.3. The molecule has 3 N–H and O–H groups in total. The van der Waals surface area contributed by atoms with Crippen molar-refractivity contribution in [2.75, 3.05) is 37.9 Å². The Balaban J connectivity index is 1.73. The summed E-state index contributed by atoms with van der Waals surface area (Å²) in [4.78, 5) is 18.1. The molecule has 1 saturated heterocycles. The van der Waals surface area contributed by atoms with E-state index in [0.717, 1.165) is 37.9 Å². The number of H-pyrrole nitrogens is 1. The molecule has 0 spiro atoms. The van der Waals surface area contributed by atoms with Crippen molar-refractivity contribution < 1.29 is 13.5 Å². The van der Waals surface area contributed by atoms with Crippen LogP contribution in [0.5, 0.6) is 0 Å². The number of nitrogens with zero attached hydrogens (tertiary/aromatic N) is 4. The van der Waals surface area contributed by atoms with Crippen molar-refractivity contribution in [1.82, 2.24) is 24.7 Å². The quantitative estimate of drug-likeness (QED) is 0.409. The molecule has 2 atom stereocenters. The summed E-state index contributed by atoms with van der Waals surface area (Å²) in [5, 5.41) is 7.17. The number of rotatable bonds is 9. The number of halogens is 2. The molecule has 0 saturated carbocycles. The van der Waals surface area contributed by atoms with Gasteiger partial charge in [-0.15, -0.1) is 0 Å². The molecule has 0 amide bonds. The number of imidazole rings is 1.